The van der Waals surface area contributed by atoms with E-state index in [0.717, 1.165) is 49.7 Å². The van der Waals surface area contributed by atoms with Gasteiger partial charge in [-0.25, -0.2) is 0 Å². The molecule has 1 aliphatic heterocycles. The van der Waals surface area contributed by atoms with Crippen molar-refractivity contribution >= 4 is 11.6 Å². The third kappa shape index (κ3) is 6.24. The second-order valence-corrected chi connectivity index (χ2v) is 7.88. The molecule has 0 unspecified atom stereocenters. The highest BCUT2D eigenvalue weighted by Crippen LogP contribution is 2.25. The molecule has 2 heterocycles. The van der Waals surface area contributed by atoms with Crippen LogP contribution in [0.1, 0.15) is 56.5 Å². The molecule has 1 saturated heterocycles. The van der Waals surface area contributed by atoms with Crippen LogP contribution in [0.25, 0.3) is 0 Å². The number of furan rings is 1. The average molecular weight is 369 g/mol. The lowest BCUT2D eigenvalue weighted by atomic mass is 9.91. The Kier molecular flexibility index (Phi) is 7.11. The molecule has 4 heteroatoms. The minimum Gasteiger partial charge on any atom is -0.466 e. The van der Waals surface area contributed by atoms with E-state index in [4.69, 9.17) is 4.42 Å². The third-order valence-electron chi connectivity index (χ3n) is 5.67. The van der Waals surface area contributed by atoms with Crippen LogP contribution >= 0.6 is 0 Å². The van der Waals surface area contributed by atoms with E-state index in [2.05, 4.69) is 23.2 Å². The largest absolute Gasteiger partial charge is 0.466 e. The number of rotatable bonds is 8. The van der Waals surface area contributed by atoms with Gasteiger partial charge in [0, 0.05) is 18.0 Å². The van der Waals surface area contributed by atoms with Crippen LogP contribution in [0.3, 0.4) is 0 Å². The normalized spacial score (nSPS) is 17.0. The standard InChI is InChI=1S/C23H32N2O2/c1-18(22-10-8-19(2)27-22)12-15-25-16-13-20(14-17-25)9-11-23(26)24-21-6-4-3-5-7-21/h3-8,10,18,20H,9,11-17H2,1-2H3,(H,24,26)/t18-/m1/s1. The maximum atomic E-state index is 12.1. The van der Waals surface area contributed by atoms with Gasteiger partial charge in [0.2, 0.25) is 5.91 Å². The number of carbonyl (C=O) groups excluding carboxylic acids is 1. The Labute approximate surface area is 162 Å². The van der Waals surface area contributed by atoms with E-state index in [-0.39, 0.29) is 5.91 Å². The number of hydrogen-bond donors (Lipinski definition) is 1. The fourth-order valence-electron chi connectivity index (χ4n) is 3.82. The Morgan fingerprint density at radius 1 is 1.19 bits per heavy atom. The summed E-state index contributed by atoms with van der Waals surface area (Å²) in [5.74, 6) is 3.37. The summed E-state index contributed by atoms with van der Waals surface area (Å²) in [5, 5.41) is 2.98. The van der Waals surface area contributed by atoms with E-state index >= 15 is 0 Å². The number of aryl methyl sites for hydroxylation is 1. The molecule has 1 aliphatic rings. The van der Waals surface area contributed by atoms with Crippen LogP contribution in [0.2, 0.25) is 0 Å². The predicted molar refractivity (Wildman–Crippen MR) is 110 cm³/mol. The Balaban J connectivity index is 1.31. The van der Waals surface area contributed by atoms with Gasteiger partial charge in [0.05, 0.1) is 0 Å². The highest BCUT2D eigenvalue weighted by atomic mass is 16.3. The summed E-state index contributed by atoms with van der Waals surface area (Å²) in [6, 6.07) is 13.9. The van der Waals surface area contributed by atoms with Crippen molar-refractivity contribution in [2.75, 3.05) is 25.0 Å². The molecule has 2 aromatic rings. The fourth-order valence-corrected chi connectivity index (χ4v) is 3.82. The van der Waals surface area contributed by atoms with Gasteiger partial charge in [0.25, 0.3) is 0 Å². The molecule has 1 fully saturated rings. The summed E-state index contributed by atoms with van der Waals surface area (Å²) in [7, 11) is 0. The number of amides is 1. The van der Waals surface area contributed by atoms with Gasteiger partial charge in [-0.1, -0.05) is 25.1 Å². The number of anilines is 1. The maximum Gasteiger partial charge on any atom is 0.224 e. The Bertz CT molecular complexity index is 702. The summed E-state index contributed by atoms with van der Waals surface area (Å²) >= 11 is 0. The van der Waals surface area contributed by atoms with Gasteiger partial charge in [0.15, 0.2) is 0 Å². The molecule has 0 bridgehead atoms. The monoisotopic (exact) mass is 368 g/mol. The van der Waals surface area contributed by atoms with Crippen molar-refractivity contribution in [3.63, 3.8) is 0 Å². The first-order valence-corrected chi connectivity index (χ1v) is 10.2. The molecule has 0 spiro atoms. The summed E-state index contributed by atoms with van der Waals surface area (Å²) in [6.45, 7) is 7.67. The fraction of sp³-hybridized carbons (Fsp3) is 0.522. The van der Waals surface area contributed by atoms with Crippen molar-refractivity contribution in [2.24, 2.45) is 5.92 Å². The summed E-state index contributed by atoms with van der Waals surface area (Å²) in [6.07, 6.45) is 5.15. The van der Waals surface area contributed by atoms with Crippen LogP contribution in [0.4, 0.5) is 5.69 Å². The zero-order chi connectivity index (χ0) is 19.1. The molecule has 1 aromatic carbocycles. The number of benzene rings is 1. The number of nitrogens with zero attached hydrogens (tertiary/aromatic N) is 1. The molecule has 0 aliphatic carbocycles. The van der Waals surface area contributed by atoms with E-state index in [1.54, 1.807) is 0 Å². The van der Waals surface area contributed by atoms with Gasteiger partial charge >= 0.3 is 0 Å². The van der Waals surface area contributed by atoms with Crippen molar-refractivity contribution in [2.45, 2.75) is 51.9 Å². The van der Waals surface area contributed by atoms with Crippen LogP contribution < -0.4 is 5.32 Å². The van der Waals surface area contributed by atoms with E-state index < -0.39 is 0 Å². The van der Waals surface area contributed by atoms with Gasteiger partial charge in [0.1, 0.15) is 11.5 Å². The van der Waals surface area contributed by atoms with E-state index in [1.165, 1.54) is 12.8 Å². The second kappa shape index (κ2) is 9.75. The molecule has 146 valence electrons. The van der Waals surface area contributed by atoms with Gasteiger partial charge < -0.3 is 14.6 Å². The smallest absolute Gasteiger partial charge is 0.224 e. The Morgan fingerprint density at radius 3 is 2.59 bits per heavy atom. The number of carbonyl (C=O) groups is 1. The van der Waals surface area contributed by atoms with Gasteiger partial charge in [-0.15, -0.1) is 0 Å². The first-order chi connectivity index (χ1) is 13.1. The molecule has 1 N–H and O–H groups in total. The lowest BCUT2D eigenvalue weighted by Crippen LogP contribution is -2.35. The van der Waals surface area contributed by atoms with Gasteiger partial charge in [-0.05, 0) is 82.4 Å². The highest BCUT2D eigenvalue weighted by Gasteiger charge is 2.21. The lowest BCUT2D eigenvalue weighted by molar-refractivity contribution is -0.116. The lowest BCUT2D eigenvalue weighted by Gasteiger charge is -2.32. The maximum absolute atomic E-state index is 12.1. The SMILES string of the molecule is Cc1ccc([C@H](C)CCN2CCC(CCC(=O)Nc3ccccc3)CC2)o1. The topological polar surface area (TPSA) is 45.5 Å². The summed E-state index contributed by atoms with van der Waals surface area (Å²) < 4.78 is 5.74. The van der Waals surface area contributed by atoms with E-state index in [1.807, 2.05) is 43.3 Å². The molecule has 3 rings (SSSR count). The van der Waals surface area contributed by atoms with Crippen molar-refractivity contribution in [1.82, 2.24) is 4.90 Å². The first kappa shape index (κ1) is 19.7. The molecule has 1 atom stereocenters. The van der Waals surface area contributed by atoms with Gasteiger partial charge in [-0.3, -0.25) is 4.79 Å². The average Bonchev–Trinajstić information content (AvgIpc) is 3.12. The second-order valence-electron chi connectivity index (χ2n) is 7.88. The van der Waals surface area contributed by atoms with Crippen LogP contribution in [0.15, 0.2) is 46.9 Å². The molecule has 4 nitrogen and oxygen atoms in total. The molecular formula is C23H32N2O2. The van der Waals surface area contributed by atoms with Crippen molar-refractivity contribution in [3.8, 4) is 0 Å². The molecular weight excluding hydrogens is 336 g/mol. The number of piperidine rings is 1. The van der Waals surface area contributed by atoms with Crippen molar-refractivity contribution in [3.05, 3.63) is 54.0 Å². The zero-order valence-electron chi connectivity index (χ0n) is 16.6. The molecule has 0 saturated carbocycles. The van der Waals surface area contributed by atoms with Crippen LogP contribution in [-0.4, -0.2) is 30.4 Å². The van der Waals surface area contributed by atoms with E-state index in [9.17, 15) is 4.79 Å². The molecule has 0 radical (unpaired) electrons. The summed E-state index contributed by atoms with van der Waals surface area (Å²) in [4.78, 5) is 14.7. The Morgan fingerprint density at radius 2 is 1.93 bits per heavy atom. The summed E-state index contributed by atoms with van der Waals surface area (Å²) in [5.41, 5.74) is 0.887. The number of nitrogens with one attached hydrogen (secondary N) is 1. The quantitative estimate of drug-likeness (QED) is 0.695. The third-order valence-corrected chi connectivity index (χ3v) is 5.67. The molecule has 27 heavy (non-hydrogen) atoms. The minimum absolute atomic E-state index is 0.131. The molecule has 1 amide bonds. The zero-order valence-corrected chi connectivity index (χ0v) is 16.6. The van der Waals surface area contributed by atoms with E-state index in [0.29, 0.717) is 18.3 Å². The highest BCUT2D eigenvalue weighted by molar-refractivity contribution is 5.90. The minimum atomic E-state index is 0.131. The number of para-hydroxylation sites is 1. The first-order valence-electron chi connectivity index (χ1n) is 10.2. The van der Waals surface area contributed by atoms with Crippen molar-refractivity contribution in [1.29, 1.82) is 0 Å². The van der Waals surface area contributed by atoms with Crippen LogP contribution in [0.5, 0.6) is 0 Å². The molecule has 1 aromatic heterocycles. The number of likely N-dealkylation sites (tertiary alicyclic amines) is 1. The van der Waals surface area contributed by atoms with Crippen LogP contribution in [0, 0.1) is 12.8 Å². The van der Waals surface area contributed by atoms with Crippen molar-refractivity contribution < 1.29 is 9.21 Å². The number of hydrogen-bond acceptors (Lipinski definition) is 3. The van der Waals surface area contributed by atoms with Crippen LogP contribution in [-0.2, 0) is 4.79 Å². The van der Waals surface area contributed by atoms with Gasteiger partial charge in [-0.2, -0.15) is 0 Å². The predicted octanol–water partition coefficient (Wildman–Crippen LogP) is 5.21. The Hall–Kier alpha value is -2.07.